The van der Waals surface area contributed by atoms with Crippen molar-refractivity contribution in [3.63, 3.8) is 0 Å². The van der Waals surface area contributed by atoms with Gasteiger partial charge in [0, 0.05) is 32.6 Å². The quantitative estimate of drug-likeness (QED) is 0.904. The average molecular weight is 347 g/mol. The molecule has 0 radical (unpaired) electrons. The molecule has 0 unspecified atom stereocenters. The highest BCUT2D eigenvalue weighted by atomic mass is 16.6. The summed E-state index contributed by atoms with van der Waals surface area (Å²) in [5.74, 6) is -0.0530. The first-order valence-corrected chi connectivity index (χ1v) is 8.75. The number of benzene rings is 1. The maximum absolute atomic E-state index is 12.9. The molecule has 1 fully saturated rings. The third kappa shape index (κ3) is 6.38. The number of hydrogen-bond donors (Lipinski definition) is 1. The van der Waals surface area contributed by atoms with E-state index in [0.29, 0.717) is 19.5 Å². The van der Waals surface area contributed by atoms with Crippen LogP contribution < -0.4 is 5.32 Å². The van der Waals surface area contributed by atoms with Gasteiger partial charge in [0.2, 0.25) is 5.91 Å². The summed E-state index contributed by atoms with van der Waals surface area (Å²) in [5.41, 5.74) is 0.407. The second-order valence-electron chi connectivity index (χ2n) is 7.52. The third-order valence-electron chi connectivity index (χ3n) is 4.09. The molecule has 2 amide bonds. The van der Waals surface area contributed by atoms with Gasteiger partial charge < -0.3 is 19.9 Å². The minimum absolute atomic E-state index is 0.0530. The van der Waals surface area contributed by atoms with Gasteiger partial charge in [-0.05, 0) is 33.4 Å². The van der Waals surface area contributed by atoms with E-state index in [1.165, 1.54) is 0 Å². The van der Waals surface area contributed by atoms with Crippen LogP contribution >= 0.6 is 0 Å². The van der Waals surface area contributed by atoms with Crippen molar-refractivity contribution in [1.29, 1.82) is 0 Å². The average Bonchev–Trinajstić information content (AvgIpc) is 2.53. The van der Waals surface area contributed by atoms with Gasteiger partial charge in [-0.1, -0.05) is 30.3 Å². The molecule has 0 aliphatic carbocycles. The molecule has 6 heteroatoms. The van der Waals surface area contributed by atoms with Crippen molar-refractivity contribution < 1.29 is 14.3 Å². The van der Waals surface area contributed by atoms with Crippen LogP contribution in [0.5, 0.6) is 0 Å². The van der Waals surface area contributed by atoms with E-state index in [1.807, 2.05) is 42.3 Å². The zero-order chi connectivity index (χ0) is 18.4. The lowest BCUT2D eigenvalue weighted by atomic mass is 10.0. The highest BCUT2D eigenvalue weighted by molar-refractivity contribution is 5.86. The summed E-state index contributed by atoms with van der Waals surface area (Å²) in [6.07, 6.45) is -0.110. The van der Waals surface area contributed by atoms with Gasteiger partial charge in [-0.3, -0.25) is 4.79 Å². The van der Waals surface area contributed by atoms with Crippen molar-refractivity contribution in [1.82, 2.24) is 15.1 Å². The zero-order valence-corrected chi connectivity index (χ0v) is 15.6. The molecule has 0 bridgehead atoms. The molecule has 0 saturated carbocycles. The lowest BCUT2D eigenvalue weighted by molar-refractivity contribution is -0.135. The van der Waals surface area contributed by atoms with Crippen molar-refractivity contribution >= 4 is 12.0 Å². The van der Waals surface area contributed by atoms with Gasteiger partial charge in [0.1, 0.15) is 11.6 Å². The van der Waals surface area contributed by atoms with Gasteiger partial charge in [0.25, 0.3) is 0 Å². The number of alkyl carbamates (subject to hydrolysis) is 1. The van der Waals surface area contributed by atoms with E-state index in [1.54, 1.807) is 20.8 Å². The first kappa shape index (κ1) is 19.2. The minimum atomic E-state index is -0.624. The molecular weight excluding hydrogens is 318 g/mol. The fourth-order valence-corrected chi connectivity index (χ4v) is 2.75. The Balaban J connectivity index is 2.08. The van der Waals surface area contributed by atoms with E-state index in [9.17, 15) is 9.59 Å². The van der Waals surface area contributed by atoms with E-state index in [-0.39, 0.29) is 5.91 Å². The SMILES string of the molecule is CN1CCN(C(=O)[C@H](Cc2ccccc2)NC(=O)OC(C)(C)C)CC1. The molecule has 1 saturated heterocycles. The maximum atomic E-state index is 12.9. The number of hydrogen-bond acceptors (Lipinski definition) is 4. The molecule has 25 heavy (non-hydrogen) atoms. The van der Waals surface area contributed by atoms with Gasteiger partial charge in [-0.2, -0.15) is 0 Å². The van der Waals surface area contributed by atoms with Crippen LogP contribution in [0.3, 0.4) is 0 Å². The summed E-state index contributed by atoms with van der Waals surface area (Å²) in [7, 11) is 2.04. The Labute approximate surface area is 150 Å². The van der Waals surface area contributed by atoms with E-state index in [0.717, 1.165) is 18.7 Å². The summed E-state index contributed by atoms with van der Waals surface area (Å²) >= 11 is 0. The summed E-state index contributed by atoms with van der Waals surface area (Å²) in [6, 6.07) is 9.09. The maximum Gasteiger partial charge on any atom is 0.408 e. The number of amides is 2. The van der Waals surface area contributed by atoms with Crippen molar-refractivity contribution in [3.8, 4) is 0 Å². The fourth-order valence-electron chi connectivity index (χ4n) is 2.75. The lowest BCUT2D eigenvalue weighted by Crippen LogP contribution is -2.55. The molecule has 1 aliphatic heterocycles. The Morgan fingerprint density at radius 1 is 1.12 bits per heavy atom. The van der Waals surface area contributed by atoms with E-state index in [2.05, 4.69) is 10.2 Å². The zero-order valence-electron chi connectivity index (χ0n) is 15.6. The largest absolute Gasteiger partial charge is 0.444 e. The first-order valence-electron chi connectivity index (χ1n) is 8.75. The molecule has 2 rings (SSSR count). The number of ether oxygens (including phenoxy) is 1. The van der Waals surface area contributed by atoms with Crippen LogP contribution in [0, 0.1) is 0 Å². The van der Waals surface area contributed by atoms with Gasteiger partial charge in [0.05, 0.1) is 0 Å². The molecule has 1 N–H and O–H groups in total. The van der Waals surface area contributed by atoms with Crippen LogP contribution in [0.4, 0.5) is 4.79 Å². The second-order valence-corrected chi connectivity index (χ2v) is 7.52. The van der Waals surface area contributed by atoms with E-state index < -0.39 is 17.7 Å². The van der Waals surface area contributed by atoms with Crippen LogP contribution in [-0.2, 0) is 16.0 Å². The Morgan fingerprint density at radius 2 is 1.72 bits per heavy atom. The second kappa shape index (κ2) is 8.34. The van der Waals surface area contributed by atoms with Crippen molar-refractivity contribution in [2.75, 3.05) is 33.2 Å². The van der Waals surface area contributed by atoms with E-state index in [4.69, 9.17) is 4.74 Å². The number of likely N-dealkylation sites (N-methyl/N-ethyl adjacent to an activating group) is 1. The molecule has 0 aromatic heterocycles. The van der Waals surface area contributed by atoms with Crippen molar-refractivity contribution in [3.05, 3.63) is 35.9 Å². The van der Waals surface area contributed by atoms with Crippen LogP contribution in [0.15, 0.2) is 30.3 Å². The summed E-state index contributed by atoms with van der Waals surface area (Å²) in [4.78, 5) is 29.1. The van der Waals surface area contributed by atoms with Crippen LogP contribution in [-0.4, -0.2) is 66.7 Å². The number of nitrogens with zero attached hydrogens (tertiary/aromatic N) is 2. The smallest absolute Gasteiger partial charge is 0.408 e. The number of nitrogens with one attached hydrogen (secondary N) is 1. The predicted molar refractivity (Wildman–Crippen MR) is 97.4 cm³/mol. The van der Waals surface area contributed by atoms with Crippen LogP contribution in [0.25, 0.3) is 0 Å². The molecule has 6 nitrogen and oxygen atoms in total. The number of carbonyl (C=O) groups is 2. The predicted octanol–water partition coefficient (Wildman–Crippen LogP) is 1.90. The fraction of sp³-hybridized carbons (Fsp3) is 0.579. The molecule has 1 atom stereocenters. The number of piperazine rings is 1. The Kier molecular flexibility index (Phi) is 6.42. The summed E-state index contributed by atoms with van der Waals surface area (Å²) in [5, 5.41) is 2.76. The highest BCUT2D eigenvalue weighted by Gasteiger charge is 2.29. The van der Waals surface area contributed by atoms with Gasteiger partial charge >= 0.3 is 6.09 Å². The lowest BCUT2D eigenvalue weighted by Gasteiger charge is -2.35. The molecule has 138 valence electrons. The normalized spacial score (nSPS) is 17.0. The number of rotatable bonds is 4. The highest BCUT2D eigenvalue weighted by Crippen LogP contribution is 2.11. The van der Waals surface area contributed by atoms with Gasteiger partial charge in [-0.25, -0.2) is 4.79 Å². The van der Waals surface area contributed by atoms with Gasteiger partial charge in [-0.15, -0.1) is 0 Å². The topological polar surface area (TPSA) is 61.9 Å². The van der Waals surface area contributed by atoms with E-state index >= 15 is 0 Å². The molecular formula is C19H29N3O3. The molecule has 1 aromatic carbocycles. The molecule has 1 aromatic rings. The van der Waals surface area contributed by atoms with Crippen LogP contribution in [0.2, 0.25) is 0 Å². The standard InChI is InChI=1S/C19H29N3O3/c1-19(2,3)25-18(24)20-16(14-15-8-6-5-7-9-15)17(23)22-12-10-21(4)11-13-22/h5-9,16H,10-14H2,1-4H3,(H,20,24)/t16-/m0/s1. The Bertz CT molecular complexity index is 575. The van der Waals surface area contributed by atoms with Crippen LogP contribution in [0.1, 0.15) is 26.3 Å². The minimum Gasteiger partial charge on any atom is -0.444 e. The molecule has 1 heterocycles. The molecule has 0 spiro atoms. The Morgan fingerprint density at radius 3 is 2.28 bits per heavy atom. The van der Waals surface area contributed by atoms with Gasteiger partial charge in [0.15, 0.2) is 0 Å². The van der Waals surface area contributed by atoms with Crippen molar-refractivity contribution in [2.24, 2.45) is 0 Å². The third-order valence-corrected chi connectivity index (χ3v) is 4.09. The Hall–Kier alpha value is -2.08. The summed E-state index contributed by atoms with van der Waals surface area (Å²) < 4.78 is 5.33. The summed E-state index contributed by atoms with van der Waals surface area (Å²) in [6.45, 7) is 8.46. The first-order chi connectivity index (χ1) is 11.7. The molecule has 1 aliphatic rings. The van der Waals surface area contributed by atoms with Crippen molar-refractivity contribution in [2.45, 2.75) is 38.8 Å². The monoisotopic (exact) mass is 347 g/mol. The number of carbonyl (C=O) groups excluding carboxylic acids is 2.